The fourth-order valence-corrected chi connectivity index (χ4v) is 3.23. The van der Waals surface area contributed by atoms with E-state index in [2.05, 4.69) is 11.4 Å². The molecule has 2 aliphatic rings. The Bertz CT molecular complexity index is 399. The molecule has 1 N–H and O–H groups in total. The molecule has 0 amide bonds. The first-order valence-electron chi connectivity index (χ1n) is 5.48. The summed E-state index contributed by atoms with van der Waals surface area (Å²) in [4.78, 5) is 0. The summed E-state index contributed by atoms with van der Waals surface area (Å²) in [6, 6.07) is 3.89. The van der Waals surface area contributed by atoms with Crippen molar-refractivity contribution in [2.45, 2.75) is 25.2 Å². The van der Waals surface area contributed by atoms with Gasteiger partial charge in [-0.05, 0) is 36.5 Å². The van der Waals surface area contributed by atoms with E-state index in [4.69, 9.17) is 23.2 Å². The van der Waals surface area contributed by atoms with Crippen molar-refractivity contribution in [1.82, 2.24) is 0 Å². The fraction of sp³-hybridized carbons (Fsp3) is 0.500. The minimum absolute atomic E-state index is 0.630. The molecule has 1 aromatic rings. The van der Waals surface area contributed by atoms with E-state index in [1.54, 1.807) is 0 Å². The van der Waals surface area contributed by atoms with Crippen LogP contribution in [-0.4, -0.2) is 6.54 Å². The van der Waals surface area contributed by atoms with E-state index < -0.39 is 0 Å². The van der Waals surface area contributed by atoms with Crippen molar-refractivity contribution >= 4 is 28.9 Å². The molecule has 1 aromatic carbocycles. The van der Waals surface area contributed by atoms with E-state index in [1.165, 1.54) is 24.8 Å². The van der Waals surface area contributed by atoms with Gasteiger partial charge < -0.3 is 5.32 Å². The topological polar surface area (TPSA) is 12.0 Å². The van der Waals surface area contributed by atoms with Gasteiger partial charge >= 0.3 is 0 Å². The molecule has 3 heteroatoms. The lowest BCUT2D eigenvalue weighted by Crippen LogP contribution is -2.21. The minimum Gasteiger partial charge on any atom is -0.383 e. The molecule has 1 atom stereocenters. The Balaban J connectivity index is 2.01. The molecule has 0 aromatic heterocycles. The standard InChI is InChI=1S/C12H13Cl2N/c13-8-4-9-10(7-2-1-3-7)6-15-12(9)11(14)5-8/h4-5,7,10,15H,1-3,6H2. The first-order chi connectivity index (χ1) is 7.25. The summed E-state index contributed by atoms with van der Waals surface area (Å²) in [6.45, 7) is 1.03. The number of nitrogens with one attached hydrogen (secondary N) is 1. The highest BCUT2D eigenvalue weighted by Gasteiger charge is 2.34. The number of rotatable bonds is 1. The van der Waals surface area contributed by atoms with Gasteiger partial charge in [0.1, 0.15) is 0 Å². The summed E-state index contributed by atoms with van der Waals surface area (Å²) in [5.41, 5.74) is 2.44. The van der Waals surface area contributed by atoms with E-state index in [9.17, 15) is 0 Å². The fourth-order valence-electron chi connectivity index (χ4n) is 2.66. The molecule has 1 fully saturated rings. The van der Waals surface area contributed by atoms with E-state index >= 15 is 0 Å². The molecule has 0 spiro atoms. The lowest BCUT2D eigenvalue weighted by Gasteiger charge is -2.31. The lowest BCUT2D eigenvalue weighted by atomic mass is 9.74. The van der Waals surface area contributed by atoms with E-state index in [0.717, 1.165) is 28.2 Å². The van der Waals surface area contributed by atoms with Crippen LogP contribution >= 0.6 is 23.2 Å². The van der Waals surface area contributed by atoms with Crippen molar-refractivity contribution in [3.63, 3.8) is 0 Å². The monoisotopic (exact) mass is 241 g/mol. The Kier molecular flexibility index (Phi) is 2.33. The summed E-state index contributed by atoms with van der Waals surface area (Å²) in [5, 5.41) is 4.92. The van der Waals surface area contributed by atoms with Gasteiger partial charge in [-0.1, -0.05) is 29.6 Å². The van der Waals surface area contributed by atoms with Crippen LogP contribution in [-0.2, 0) is 0 Å². The third-order valence-electron chi connectivity index (χ3n) is 3.70. The molecule has 1 heterocycles. The summed E-state index contributed by atoms with van der Waals surface area (Å²) in [5.74, 6) is 1.47. The highest BCUT2D eigenvalue weighted by atomic mass is 35.5. The molecule has 0 radical (unpaired) electrons. The third-order valence-corrected chi connectivity index (χ3v) is 4.22. The summed E-state index contributed by atoms with van der Waals surface area (Å²) in [7, 11) is 0. The Labute approximate surface area is 99.8 Å². The van der Waals surface area contributed by atoms with Crippen LogP contribution in [0.3, 0.4) is 0 Å². The zero-order valence-corrected chi connectivity index (χ0v) is 9.91. The van der Waals surface area contributed by atoms with Crippen LogP contribution in [0.1, 0.15) is 30.7 Å². The average molecular weight is 242 g/mol. The lowest BCUT2D eigenvalue weighted by molar-refractivity contribution is 0.272. The summed E-state index contributed by atoms with van der Waals surface area (Å²) >= 11 is 12.2. The summed E-state index contributed by atoms with van der Waals surface area (Å²) < 4.78 is 0. The van der Waals surface area contributed by atoms with Crippen LogP contribution in [0.15, 0.2) is 12.1 Å². The van der Waals surface area contributed by atoms with Crippen molar-refractivity contribution < 1.29 is 0 Å². The second kappa shape index (κ2) is 3.57. The molecule has 0 saturated heterocycles. The second-order valence-electron chi connectivity index (χ2n) is 4.53. The van der Waals surface area contributed by atoms with Crippen molar-refractivity contribution in [2.75, 3.05) is 11.9 Å². The smallest absolute Gasteiger partial charge is 0.0655 e. The maximum atomic E-state index is 6.16. The Morgan fingerprint density at radius 3 is 2.67 bits per heavy atom. The normalized spacial score (nSPS) is 24.5. The Morgan fingerprint density at radius 2 is 2.00 bits per heavy atom. The molecule has 3 rings (SSSR count). The van der Waals surface area contributed by atoms with Crippen LogP contribution in [0, 0.1) is 5.92 Å². The summed E-state index contributed by atoms with van der Waals surface area (Å²) in [6.07, 6.45) is 4.09. The van der Waals surface area contributed by atoms with Crippen LogP contribution in [0.25, 0.3) is 0 Å². The molecule has 15 heavy (non-hydrogen) atoms. The highest BCUT2D eigenvalue weighted by Crippen LogP contribution is 2.47. The van der Waals surface area contributed by atoms with Crippen LogP contribution in [0.5, 0.6) is 0 Å². The SMILES string of the molecule is Clc1cc(Cl)c2c(c1)C(C1CCC1)CN2. The molecule has 1 nitrogen and oxygen atoms in total. The molecular weight excluding hydrogens is 229 g/mol. The predicted octanol–water partition coefficient (Wildman–Crippen LogP) is 4.30. The Hall–Kier alpha value is -0.400. The molecule has 1 aliphatic carbocycles. The quantitative estimate of drug-likeness (QED) is 0.774. The largest absolute Gasteiger partial charge is 0.383 e. The third kappa shape index (κ3) is 1.53. The van der Waals surface area contributed by atoms with Gasteiger partial charge in [0.2, 0.25) is 0 Å². The first kappa shape index (κ1) is 9.80. The molecule has 1 unspecified atom stereocenters. The van der Waals surface area contributed by atoms with E-state index in [1.807, 2.05) is 6.07 Å². The maximum Gasteiger partial charge on any atom is 0.0655 e. The number of halogens is 2. The maximum absolute atomic E-state index is 6.16. The highest BCUT2D eigenvalue weighted by molar-refractivity contribution is 6.36. The average Bonchev–Trinajstić information content (AvgIpc) is 2.46. The first-order valence-corrected chi connectivity index (χ1v) is 6.24. The number of benzene rings is 1. The van der Waals surface area contributed by atoms with Crippen LogP contribution in [0.2, 0.25) is 10.0 Å². The van der Waals surface area contributed by atoms with Gasteiger partial charge in [0.15, 0.2) is 0 Å². The van der Waals surface area contributed by atoms with Crippen molar-refractivity contribution in [1.29, 1.82) is 0 Å². The van der Waals surface area contributed by atoms with E-state index in [0.29, 0.717) is 5.92 Å². The number of hydrogen-bond donors (Lipinski definition) is 1. The van der Waals surface area contributed by atoms with Gasteiger partial charge in [0.25, 0.3) is 0 Å². The molecular formula is C12H13Cl2N. The van der Waals surface area contributed by atoms with Crippen LogP contribution in [0.4, 0.5) is 5.69 Å². The minimum atomic E-state index is 0.630. The van der Waals surface area contributed by atoms with Crippen molar-refractivity contribution in [3.05, 3.63) is 27.7 Å². The second-order valence-corrected chi connectivity index (χ2v) is 5.37. The van der Waals surface area contributed by atoms with Crippen LogP contribution < -0.4 is 5.32 Å². The zero-order chi connectivity index (χ0) is 10.4. The predicted molar refractivity (Wildman–Crippen MR) is 65.0 cm³/mol. The van der Waals surface area contributed by atoms with Gasteiger partial charge in [-0.15, -0.1) is 0 Å². The molecule has 1 saturated carbocycles. The molecule has 1 aliphatic heterocycles. The van der Waals surface area contributed by atoms with E-state index in [-0.39, 0.29) is 0 Å². The van der Waals surface area contributed by atoms with Gasteiger partial charge in [-0.3, -0.25) is 0 Å². The molecule has 0 bridgehead atoms. The number of anilines is 1. The number of hydrogen-bond acceptors (Lipinski definition) is 1. The van der Waals surface area contributed by atoms with Gasteiger partial charge in [0.05, 0.1) is 10.7 Å². The van der Waals surface area contributed by atoms with Gasteiger partial charge in [0, 0.05) is 17.5 Å². The molecule has 80 valence electrons. The van der Waals surface area contributed by atoms with Crippen molar-refractivity contribution in [2.24, 2.45) is 5.92 Å². The Morgan fingerprint density at radius 1 is 1.20 bits per heavy atom. The zero-order valence-electron chi connectivity index (χ0n) is 8.39. The van der Waals surface area contributed by atoms with Gasteiger partial charge in [-0.2, -0.15) is 0 Å². The van der Waals surface area contributed by atoms with Gasteiger partial charge in [-0.25, -0.2) is 0 Å². The number of fused-ring (bicyclic) bond motifs is 1. The van der Waals surface area contributed by atoms with Crippen molar-refractivity contribution in [3.8, 4) is 0 Å².